The number of nitrogens with one attached hydrogen (secondary N) is 3. The van der Waals surface area contributed by atoms with Gasteiger partial charge in [0.2, 0.25) is 0 Å². The van der Waals surface area contributed by atoms with Crippen LogP contribution >= 0.6 is 0 Å². The third-order valence-corrected chi connectivity index (χ3v) is 7.12. The SMILES string of the molecule is CCCC(NCCCNc1c2ccccc2nc2ccccc12)Nc1c2ccccc2nc2ccccc12. The first kappa shape index (κ1) is 24.1. The first-order valence-electron chi connectivity index (χ1n) is 13.6. The quantitative estimate of drug-likeness (QED) is 0.102. The molecular formula is C33H33N5. The van der Waals surface area contributed by atoms with Crippen molar-refractivity contribution in [2.45, 2.75) is 32.4 Å². The molecule has 6 aromatic rings. The minimum Gasteiger partial charge on any atom is -0.384 e. The summed E-state index contributed by atoms with van der Waals surface area (Å²) in [6.45, 7) is 4.03. The van der Waals surface area contributed by atoms with Crippen molar-refractivity contribution in [2.24, 2.45) is 0 Å². The van der Waals surface area contributed by atoms with Crippen LogP contribution in [-0.4, -0.2) is 29.2 Å². The summed E-state index contributed by atoms with van der Waals surface area (Å²) in [6.07, 6.45) is 3.32. The fourth-order valence-corrected chi connectivity index (χ4v) is 5.29. The van der Waals surface area contributed by atoms with E-state index in [9.17, 15) is 0 Å². The molecule has 0 saturated heterocycles. The van der Waals surface area contributed by atoms with Gasteiger partial charge in [-0.2, -0.15) is 0 Å². The van der Waals surface area contributed by atoms with Gasteiger partial charge >= 0.3 is 0 Å². The van der Waals surface area contributed by atoms with Crippen LogP contribution < -0.4 is 16.0 Å². The molecule has 6 rings (SSSR count). The average molecular weight is 500 g/mol. The van der Waals surface area contributed by atoms with Crippen LogP contribution in [0.4, 0.5) is 11.4 Å². The molecule has 0 aliphatic carbocycles. The third-order valence-electron chi connectivity index (χ3n) is 7.12. The van der Waals surface area contributed by atoms with Gasteiger partial charge in [0.15, 0.2) is 0 Å². The van der Waals surface area contributed by atoms with Crippen LogP contribution in [0, 0.1) is 0 Å². The Kier molecular flexibility index (Phi) is 7.01. The number of nitrogens with zero attached hydrogens (tertiary/aromatic N) is 2. The monoisotopic (exact) mass is 499 g/mol. The van der Waals surface area contributed by atoms with Gasteiger partial charge in [-0.1, -0.05) is 86.1 Å². The van der Waals surface area contributed by atoms with Crippen LogP contribution in [0.2, 0.25) is 0 Å². The molecule has 0 bridgehead atoms. The van der Waals surface area contributed by atoms with E-state index in [-0.39, 0.29) is 6.17 Å². The van der Waals surface area contributed by atoms with Gasteiger partial charge in [0, 0.05) is 28.1 Å². The van der Waals surface area contributed by atoms with Crippen LogP contribution in [0.1, 0.15) is 26.2 Å². The summed E-state index contributed by atoms with van der Waals surface area (Å²) in [5, 5.41) is 16.0. The zero-order chi connectivity index (χ0) is 25.7. The first-order valence-corrected chi connectivity index (χ1v) is 13.6. The Labute approximate surface area is 223 Å². The Morgan fingerprint density at radius 1 is 0.579 bits per heavy atom. The maximum absolute atomic E-state index is 4.88. The van der Waals surface area contributed by atoms with E-state index in [2.05, 4.69) is 108 Å². The lowest BCUT2D eigenvalue weighted by atomic mass is 10.1. The highest BCUT2D eigenvalue weighted by Gasteiger charge is 2.14. The number of rotatable bonds is 10. The average Bonchev–Trinajstić information content (AvgIpc) is 2.96. The minimum absolute atomic E-state index is 0.178. The molecule has 1 atom stereocenters. The Balaban J connectivity index is 1.16. The summed E-state index contributed by atoms with van der Waals surface area (Å²) in [5.74, 6) is 0. The number of benzene rings is 4. The summed E-state index contributed by atoms with van der Waals surface area (Å²) in [5.41, 5.74) is 6.41. The van der Waals surface area contributed by atoms with E-state index < -0.39 is 0 Å². The number of pyridine rings is 2. The summed E-state index contributed by atoms with van der Waals surface area (Å²) < 4.78 is 0. The molecule has 0 fully saturated rings. The number of fused-ring (bicyclic) bond motifs is 4. The molecule has 1 unspecified atom stereocenters. The maximum Gasteiger partial charge on any atom is 0.0768 e. The van der Waals surface area contributed by atoms with Crippen LogP contribution in [0.5, 0.6) is 0 Å². The number of hydrogen-bond acceptors (Lipinski definition) is 5. The molecule has 5 nitrogen and oxygen atoms in total. The second kappa shape index (κ2) is 11.0. The Morgan fingerprint density at radius 3 is 1.50 bits per heavy atom. The molecule has 0 amide bonds. The lowest BCUT2D eigenvalue weighted by Gasteiger charge is -2.23. The lowest BCUT2D eigenvalue weighted by molar-refractivity contribution is 0.516. The van der Waals surface area contributed by atoms with Crippen molar-refractivity contribution >= 4 is 55.0 Å². The third kappa shape index (κ3) is 4.85. The van der Waals surface area contributed by atoms with Crippen molar-refractivity contribution in [3.8, 4) is 0 Å². The largest absolute Gasteiger partial charge is 0.384 e. The fourth-order valence-electron chi connectivity index (χ4n) is 5.29. The Bertz CT molecular complexity index is 1600. The smallest absolute Gasteiger partial charge is 0.0768 e. The van der Waals surface area contributed by atoms with Gasteiger partial charge in [-0.25, -0.2) is 9.97 Å². The van der Waals surface area contributed by atoms with Gasteiger partial charge < -0.3 is 10.6 Å². The maximum atomic E-state index is 4.88. The van der Waals surface area contributed by atoms with Gasteiger partial charge in [-0.15, -0.1) is 0 Å². The van der Waals surface area contributed by atoms with Crippen molar-refractivity contribution in [3.05, 3.63) is 97.1 Å². The molecular weight excluding hydrogens is 466 g/mol. The van der Waals surface area contributed by atoms with E-state index in [1.54, 1.807) is 0 Å². The van der Waals surface area contributed by atoms with E-state index in [1.807, 2.05) is 12.1 Å². The summed E-state index contributed by atoms with van der Waals surface area (Å²) in [6, 6.07) is 33.5. The van der Waals surface area contributed by atoms with Gasteiger partial charge in [-0.05, 0) is 43.7 Å². The second-order valence-corrected chi connectivity index (χ2v) is 9.76. The van der Waals surface area contributed by atoms with E-state index in [0.717, 1.165) is 70.9 Å². The van der Waals surface area contributed by atoms with Gasteiger partial charge in [0.25, 0.3) is 0 Å². The van der Waals surface area contributed by atoms with Crippen LogP contribution in [0.15, 0.2) is 97.1 Å². The van der Waals surface area contributed by atoms with Crippen molar-refractivity contribution < 1.29 is 0 Å². The van der Waals surface area contributed by atoms with E-state index in [1.165, 1.54) is 16.5 Å². The second-order valence-electron chi connectivity index (χ2n) is 9.76. The Morgan fingerprint density at radius 2 is 1.03 bits per heavy atom. The zero-order valence-electron chi connectivity index (χ0n) is 21.7. The molecule has 0 aliphatic rings. The predicted molar refractivity (Wildman–Crippen MR) is 162 cm³/mol. The topological polar surface area (TPSA) is 61.9 Å². The first-order chi connectivity index (χ1) is 18.8. The highest BCUT2D eigenvalue weighted by molar-refractivity contribution is 6.08. The molecule has 4 aromatic carbocycles. The molecule has 0 aliphatic heterocycles. The number of anilines is 2. The van der Waals surface area contributed by atoms with Gasteiger partial charge in [-0.3, -0.25) is 5.32 Å². The van der Waals surface area contributed by atoms with E-state index in [0.29, 0.717) is 0 Å². The molecule has 5 heteroatoms. The lowest BCUT2D eigenvalue weighted by Crippen LogP contribution is -2.37. The summed E-state index contributed by atoms with van der Waals surface area (Å²) in [4.78, 5) is 9.72. The standard InChI is InChI=1S/C33H33N5/c1-2-12-31(38-33-25-15-5-9-19-29(25)37-30-20-10-6-16-26(30)33)34-21-11-22-35-32-23-13-3-7-17-27(23)36-28-18-8-4-14-24(28)32/h3-10,13-20,31,34H,2,11-12,21-22H2,1H3,(H,35,36)(H,37,38). The van der Waals surface area contributed by atoms with E-state index >= 15 is 0 Å². The molecule has 0 spiro atoms. The normalized spacial score (nSPS) is 12.3. The molecule has 0 saturated carbocycles. The van der Waals surface area contributed by atoms with Crippen molar-refractivity contribution in [2.75, 3.05) is 23.7 Å². The predicted octanol–water partition coefficient (Wildman–Crippen LogP) is 7.72. The van der Waals surface area contributed by atoms with Gasteiger partial charge in [0.05, 0.1) is 39.6 Å². The van der Waals surface area contributed by atoms with Crippen molar-refractivity contribution in [1.29, 1.82) is 0 Å². The molecule has 2 aromatic heterocycles. The highest BCUT2D eigenvalue weighted by Crippen LogP contribution is 2.32. The summed E-state index contributed by atoms with van der Waals surface area (Å²) >= 11 is 0. The number of aromatic nitrogens is 2. The molecule has 2 heterocycles. The number of para-hydroxylation sites is 4. The Hall–Kier alpha value is -4.22. The van der Waals surface area contributed by atoms with Crippen LogP contribution in [-0.2, 0) is 0 Å². The van der Waals surface area contributed by atoms with Crippen molar-refractivity contribution in [1.82, 2.24) is 15.3 Å². The molecule has 190 valence electrons. The minimum atomic E-state index is 0.178. The molecule has 0 radical (unpaired) electrons. The molecule has 3 N–H and O–H groups in total. The molecule has 38 heavy (non-hydrogen) atoms. The fraction of sp³-hybridized carbons (Fsp3) is 0.212. The number of hydrogen-bond donors (Lipinski definition) is 3. The van der Waals surface area contributed by atoms with E-state index in [4.69, 9.17) is 9.97 Å². The highest BCUT2D eigenvalue weighted by atomic mass is 15.1. The summed E-state index contributed by atoms with van der Waals surface area (Å²) in [7, 11) is 0. The zero-order valence-corrected chi connectivity index (χ0v) is 21.7. The van der Waals surface area contributed by atoms with Gasteiger partial charge in [0.1, 0.15) is 0 Å². The van der Waals surface area contributed by atoms with Crippen molar-refractivity contribution in [3.63, 3.8) is 0 Å². The van der Waals surface area contributed by atoms with Crippen LogP contribution in [0.3, 0.4) is 0 Å². The van der Waals surface area contributed by atoms with Crippen LogP contribution in [0.25, 0.3) is 43.6 Å².